The molecule has 0 aromatic heterocycles. The second-order valence-electron chi connectivity index (χ2n) is 4.79. The minimum absolute atomic E-state index is 0.0296. The molecular weight excluding hydrogens is 395 g/mol. The smallest absolute Gasteiger partial charge is 0.261 e. The van der Waals surface area contributed by atoms with E-state index in [9.17, 15) is 16.8 Å². The van der Waals surface area contributed by atoms with Crippen LogP contribution < -0.4 is 9.44 Å². The van der Waals surface area contributed by atoms with Gasteiger partial charge in [0, 0.05) is 15.7 Å². The Bertz CT molecular complexity index is 923. The summed E-state index contributed by atoms with van der Waals surface area (Å²) in [6.45, 7) is 1.50. The number of nitrogens with one attached hydrogen (secondary N) is 2. The van der Waals surface area contributed by atoms with Crippen molar-refractivity contribution < 1.29 is 16.8 Å². The Morgan fingerprint density at radius 1 is 0.833 bits per heavy atom. The molecule has 0 amide bonds. The Labute approximate surface area is 150 Å². The summed E-state index contributed by atoms with van der Waals surface area (Å²) in [5.41, 5.74) is 0.505. The second-order valence-corrected chi connectivity index (χ2v) is 9.36. The quantitative estimate of drug-likeness (QED) is 0.763. The maximum Gasteiger partial charge on any atom is 0.261 e. The first-order valence-corrected chi connectivity index (χ1v) is 10.6. The van der Waals surface area contributed by atoms with Crippen molar-refractivity contribution in [3.63, 3.8) is 0 Å². The van der Waals surface area contributed by atoms with Gasteiger partial charge in [0.15, 0.2) is 0 Å². The molecule has 2 N–H and O–H groups in total. The molecule has 0 unspecified atom stereocenters. The molecule has 0 aliphatic carbocycles. The Morgan fingerprint density at radius 2 is 1.38 bits per heavy atom. The van der Waals surface area contributed by atoms with Crippen molar-refractivity contribution in [2.75, 3.05) is 15.2 Å². The number of anilines is 2. The standard InChI is InChI=1S/C14H14Cl2N2O4S2/c1-2-23(19,20)17-12-3-5-14(6-4-12)24(21,22)18-13-8-10(15)7-11(16)9-13/h3-9,17-18H,2H2,1H3. The topological polar surface area (TPSA) is 92.3 Å². The van der Waals surface area contributed by atoms with E-state index in [2.05, 4.69) is 9.44 Å². The van der Waals surface area contributed by atoms with E-state index in [4.69, 9.17) is 23.2 Å². The van der Waals surface area contributed by atoms with Crippen molar-refractivity contribution in [3.05, 3.63) is 52.5 Å². The number of hydrogen-bond acceptors (Lipinski definition) is 4. The van der Waals surface area contributed by atoms with Crippen LogP contribution in [-0.4, -0.2) is 22.6 Å². The van der Waals surface area contributed by atoms with Crippen LogP contribution >= 0.6 is 23.2 Å². The number of rotatable bonds is 6. The molecule has 0 saturated heterocycles. The van der Waals surface area contributed by atoms with Crippen molar-refractivity contribution in [1.29, 1.82) is 0 Å². The summed E-state index contributed by atoms with van der Waals surface area (Å²) >= 11 is 11.7. The van der Waals surface area contributed by atoms with Crippen LogP contribution in [0.3, 0.4) is 0 Å². The molecule has 0 radical (unpaired) electrons. The van der Waals surface area contributed by atoms with Gasteiger partial charge in [-0.25, -0.2) is 16.8 Å². The first kappa shape index (κ1) is 18.9. The van der Waals surface area contributed by atoms with Crippen LogP contribution in [-0.2, 0) is 20.0 Å². The molecule has 0 spiro atoms. The molecule has 0 saturated carbocycles. The summed E-state index contributed by atoms with van der Waals surface area (Å²) in [6, 6.07) is 9.66. The summed E-state index contributed by atoms with van der Waals surface area (Å²) in [5, 5.41) is 0.592. The molecular formula is C14H14Cl2N2O4S2. The molecule has 24 heavy (non-hydrogen) atoms. The Morgan fingerprint density at radius 3 is 1.88 bits per heavy atom. The van der Waals surface area contributed by atoms with Crippen LogP contribution in [0.15, 0.2) is 47.4 Å². The predicted octanol–water partition coefficient (Wildman–Crippen LogP) is 3.56. The summed E-state index contributed by atoms with van der Waals surface area (Å²) in [4.78, 5) is -0.0296. The number of sulfonamides is 2. The lowest BCUT2D eigenvalue weighted by atomic mass is 10.3. The third kappa shape index (κ3) is 5.01. The maximum atomic E-state index is 12.3. The first-order chi connectivity index (χ1) is 11.1. The first-order valence-electron chi connectivity index (χ1n) is 6.71. The van der Waals surface area contributed by atoms with Gasteiger partial charge in [-0.1, -0.05) is 23.2 Å². The normalized spacial score (nSPS) is 12.0. The molecule has 2 aromatic carbocycles. The lowest BCUT2D eigenvalue weighted by Crippen LogP contribution is -2.15. The van der Waals surface area contributed by atoms with Crippen LogP contribution in [0.5, 0.6) is 0 Å². The zero-order valence-corrected chi connectivity index (χ0v) is 15.6. The highest BCUT2D eigenvalue weighted by Crippen LogP contribution is 2.25. The van der Waals surface area contributed by atoms with E-state index >= 15 is 0 Å². The van der Waals surface area contributed by atoms with Gasteiger partial charge < -0.3 is 0 Å². The molecule has 6 nitrogen and oxygen atoms in total. The van der Waals surface area contributed by atoms with E-state index in [0.29, 0.717) is 10.0 Å². The van der Waals surface area contributed by atoms with E-state index in [1.54, 1.807) is 0 Å². The molecule has 0 atom stereocenters. The molecule has 130 valence electrons. The summed E-state index contributed by atoms with van der Waals surface area (Å²) in [5.74, 6) is -0.0792. The van der Waals surface area contributed by atoms with Crippen molar-refractivity contribution in [3.8, 4) is 0 Å². The highest BCUT2D eigenvalue weighted by molar-refractivity contribution is 7.93. The number of benzene rings is 2. The lowest BCUT2D eigenvalue weighted by Gasteiger charge is -2.10. The summed E-state index contributed by atoms with van der Waals surface area (Å²) in [7, 11) is -7.28. The highest BCUT2D eigenvalue weighted by Gasteiger charge is 2.15. The second kappa shape index (κ2) is 7.18. The fraction of sp³-hybridized carbons (Fsp3) is 0.143. The molecule has 0 heterocycles. The van der Waals surface area contributed by atoms with Crippen molar-refractivity contribution in [1.82, 2.24) is 0 Å². The van der Waals surface area contributed by atoms with Crippen LogP contribution in [0.2, 0.25) is 10.0 Å². The average Bonchev–Trinajstić information content (AvgIpc) is 2.45. The van der Waals surface area contributed by atoms with E-state index in [0.717, 1.165) is 0 Å². The van der Waals surface area contributed by atoms with Gasteiger partial charge in [0.25, 0.3) is 10.0 Å². The average molecular weight is 409 g/mol. The number of halogens is 2. The van der Waals surface area contributed by atoms with E-state index < -0.39 is 20.0 Å². The minimum Gasteiger partial charge on any atom is -0.284 e. The van der Waals surface area contributed by atoms with Crippen LogP contribution in [0.25, 0.3) is 0 Å². The van der Waals surface area contributed by atoms with Gasteiger partial charge in [-0.15, -0.1) is 0 Å². The largest absolute Gasteiger partial charge is 0.284 e. The Balaban J connectivity index is 2.23. The molecule has 10 heteroatoms. The third-order valence-electron chi connectivity index (χ3n) is 2.93. The molecule has 0 aliphatic heterocycles. The lowest BCUT2D eigenvalue weighted by molar-refractivity contribution is 0.600. The van der Waals surface area contributed by atoms with Gasteiger partial charge in [-0.3, -0.25) is 9.44 Å². The van der Waals surface area contributed by atoms with Crippen LogP contribution in [0.4, 0.5) is 11.4 Å². The van der Waals surface area contributed by atoms with Gasteiger partial charge in [-0.05, 0) is 49.4 Å². The minimum atomic E-state index is -3.86. The van der Waals surface area contributed by atoms with Crippen molar-refractivity contribution in [2.45, 2.75) is 11.8 Å². The highest BCUT2D eigenvalue weighted by atomic mass is 35.5. The molecule has 2 rings (SSSR count). The van der Waals surface area contributed by atoms with E-state index in [1.807, 2.05) is 0 Å². The van der Waals surface area contributed by atoms with E-state index in [1.165, 1.54) is 49.4 Å². The van der Waals surface area contributed by atoms with Gasteiger partial charge in [0.05, 0.1) is 16.3 Å². The zero-order valence-electron chi connectivity index (χ0n) is 12.5. The molecule has 2 aromatic rings. The number of hydrogen-bond donors (Lipinski definition) is 2. The fourth-order valence-electron chi connectivity index (χ4n) is 1.78. The van der Waals surface area contributed by atoms with Gasteiger partial charge >= 0.3 is 0 Å². The van der Waals surface area contributed by atoms with Crippen LogP contribution in [0, 0.1) is 0 Å². The summed E-state index contributed by atoms with van der Waals surface area (Å²) in [6.07, 6.45) is 0. The Kier molecular flexibility index (Phi) is 5.64. The Hall–Kier alpha value is -1.48. The predicted molar refractivity (Wildman–Crippen MR) is 96.8 cm³/mol. The van der Waals surface area contributed by atoms with Crippen molar-refractivity contribution in [2.24, 2.45) is 0 Å². The van der Waals surface area contributed by atoms with E-state index in [-0.39, 0.29) is 22.0 Å². The summed E-state index contributed by atoms with van der Waals surface area (Å²) < 4.78 is 52.4. The fourth-order valence-corrected chi connectivity index (χ4v) is 3.99. The van der Waals surface area contributed by atoms with Crippen LogP contribution in [0.1, 0.15) is 6.92 Å². The zero-order chi connectivity index (χ0) is 18.0. The SMILES string of the molecule is CCS(=O)(=O)Nc1ccc(S(=O)(=O)Nc2cc(Cl)cc(Cl)c2)cc1. The third-order valence-corrected chi connectivity index (χ3v) is 6.07. The van der Waals surface area contributed by atoms with Crippen molar-refractivity contribution >= 4 is 54.6 Å². The monoisotopic (exact) mass is 408 g/mol. The molecule has 0 bridgehead atoms. The molecule has 0 aliphatic rings. The van der Waals surface area contributed by atoms with Gasteiger partial charge in [-0.2, -0.15) is 0 Å². The maximum absolute atomic E-state index is 12.3. The van der Waals surface area contributed by atoms with Gasteiger partial charge in [0.1, 0.15) is 0 Å². The molecule has 0 fully saturated rings. The van der Waals surface area contributed by atoms with Gasteiger partial charge in [0.2, 0.25) is 10.0 Å².